The third kappa shape index (κ3) is 6.00. The van der Waals surface area contributed by atoms with E-state index in [0.717, 1.165) is 11.1 Å². The first kappa shape index (κ1) is 24.5. The number of ether oxygens (including phenoxy) is 3. The van der Waals surface area contributed by atoms with Crippen molar-refractivity contribution in [1.29, 1.82) is 0 Å². The maximum absolute atomic E-state index is 13.5. The molecule has 7 heteroatoms. The second-order valence-electron chi connectivity index (χ2n) is 7.79. The van der Waals surface area contributed by atoms with E-state index < -0.39 is 11.6 Å². The summed E-state index contributed by atoms with van der Waals surface area (Å²) in [4.78, 5) is 18.3. The quantitative estimate of drug-likeness (QED) is 0.359. The van der Waals surface area contributed by atoms with Gasteiger partial charge in [-0.1, -0.05) is 36.4 Å². The fourth-order valence-corrected chi connectivity index (χ4v) is 3.73. The molecule has 2 atom stereocenters. The average Bonchev–Trinajstić information content (AvgIpc) is 3.24. The van der Waals surface area contributed by atoms with Gasteiger partial charge in [-0.3, -0.25) is 4.79 Å². The molecule has 0 aliphatic carbocycles. The first-order chi connectivity index (χ1) is 16.1. The van der Waals surface area contributed by atoms with E-state index >= 15 is 0 Å². The Morgan fingerprint density at radius 2 is 1.94 bits per heavy atom. The van der Waals surface area contributed by atoms with Gasteiger partial charge in [0.05, 0.1) is 6.61 Å². The second kappa shape index (κ2) is 12.2. The average molecular weight is 453 g/mol. The highest BCUT2D eigenvalue weighted by Gasteiger charge is 2.52. The molecule has 1 aliphatic heterocycles. The van der Waals surface area contributed by atoms with Crippen molar-refractivity contribution < 1.29 is 24.1 Å². The van der Waals surface area contributed by atoms with Crippen molar-refractivity contribution in [1.82, 2.24) is 5.32 Å². The number of amides is 1. The Balaban J connectivity index is 1.90. The number of aliphatic hydroxyl groups excluding tert-OH is 1. The minimum Gasteiger partial charge on any atom is -0.494 e. The fourth-order valence-electron chi connectivity index (χ4n) is 3.73. The van der Waals surface area contributed by atoms with E-state index in [1.807, 2.05) is 54.6 Å². The Morgan fingerprint density at radius 1 is 1.18 bits per heavy atom. The molecule has 2 aromatic carbocycles. The summed E-state index contributed by atoms with van der Waals surface area (Å²) in [5.41, 5.74) is 0.458. The van der Waals surface area contributed by atoms with Gasteiger partial charge in [0, 0.05) is 45.3 Å². The van der Waals surface area contributed by atoms with Gasteiger partial charge in [-0.05, 0) is 36.2 Å². The lowest BCUT2D eigenvalue weighted by Crippen LogP contribution is -2.48. The van der Waals surface area contributed by atoms with Crippen LogP contribution in [0.25, 0.3) is 0 Å². The fraction of sp³-hybridized carbons (Fsp3) is 0.385. The van der Waals surface area contributed by atoms with Gasteiger partial charge in [0.15, 0.2) is 11.6 Å². The zero-order valence-electron chi connectivity index (χ0n) is 19.0. The third-order valence-electron chi connectivity index (χ3n) is 5.40. The number of aliphatic hydroxyl groups is 1. The van der Waals surface area contributed by atoms with Crippen LogP contribution in [-0.2, 0) is 14.3 Å². The van der Waals surface area contributed by atoms with Crippen molar-refractivity contribution in [2.75, 3.05) is 33.5 Å². The summed E-state index contributed by atoms with van der Waals surface area (Å²) in [6, 6.07) is 17.0. The number of aliphatic imine (C=N–C) groups is 1. The molecule has 0 aromatic heterocycles. The number of nitrogens with zero attached hydrogens (tertiary/aromatic N) is 1. The molecule has 2 aromatic rings. The summed E-state index contributed by atoms with van der Waals surface area (Å²) in [6.07, 6.45) is 2.72. The largest absolute Gasteiger partial charge is 0.494 e. The minimum absolute atomic E-state index is 0.0858. The van der Waals surface area contributed by atoms with Crippen LogP contribution >= 0.6 is 0 Å². The summed E-state index contributed by atoms with van der Waals surface area (Å²) < 4.78 is 17.0. The number of benzene rings is 2. The molecule has 176 valence electrons. The molecule has 0 unspecified atom stereocenters. The first-order valence-corrected chi connectivity index (χ1v) is 11.2. The molecule has 1 heterocycles. The number of carbonyl (C=O) groups is 1. The van der Waals surface area contributed by atoms with Gasteiger partial charge in [-0.25, -0.2) is 4.99 Å². The zero-order valence-corrected chi connectivity index (χ0v) is 19.0. The Kier molecular flexibility index (Phi) is 9.04. The van der Waals surface area contributed by atoms with Crippen LogP contribution in [0.5, 0.6) is 5.75 Å². The SMILES string of the molecule is C=CC[C@@]1(C(=O)NCCCOC)N=C(c2ccc(OCCCO)cc2)O[C@@H]1c1ccccc1. The van der Waals surface area contributed by atoms with Crippen LogP contribution < -0.4 is 10.1 Å². The Morgan fingerprint density at radius 3 is 2.61 bits per heavy atom. The molecule has 1 amide bonds. The predicted octanol–water partition coefficient (Wildman–Crippen LogP) is 3.43. The highest BCUT2D eigenvalue weighted by atomic mass is 16.5. The standard InChI is InChI=1S/C26H32N2O5/c1-3-15-26(25(30)27-16-7-18-31-2)23(20-9-5-4-6-10-20)33-24(28-26)21-11-13-22(14-12-21)32-19-8-17-29/h3-6,9-14,23,29H,1,7-8,15-19H2,2H3,(H,27,30)/t23-,26-/m1/s1. The van der Waals surface area contributed by atoms with Crippen molar-refractivity contribution in [2.24, 2.45) is 4.99 Å². The molecule has 2 N–H and O–H groups in total. The van der Waals surface area contributed by atoms with E-state index in [2.05, 4.69) is 11.9 Å². The summed E-state index contributed by atoms with van der Waals surface area (Å²) in [5, 5.41) is 11.9. The maximum atomic E-state index is 13.5. The molecule has 0 fully saturated rings. The van der Waals surface area contributed by atoms with Gasteiger partial charge < -0.3 is 24.6 Å². The van der Waals surface area contributed by atoms with Crippen LogP contribution in [0.1, 0.15) is 36.5 Å². The van der Waals surface area contributed by atoms with E-state index in [0.29, 0.717) is 50.7 Å². The van der Waals surface area contributed by atoms with Crippen LogP contribution in [0.15, 0.2) is 72.2 Å². The lowest BCUT2D eigenvalue weighted by molar-refractivity contribution is -0.128. The van der Waals surface area contributed by atoms with Crippen molar-refractivity contribution in [3.63, 3.8) is 0 Å². The zero-order chi connectivity index (χ0) is 23.5. The Bertz CT molecular complexity index is 929. The number of carbonyl (C=O) groups excluding carboxylic acids is 1. The second-order valence-corrected chi connectivity index (χ2v) is 7.79. The molecule has 7 nitrogen and oxygen atoms in total. The van der Waals surface area contributed by atoms with Crippen LogP contribution in [-0.4, -0.2) is 55.9 Å². The minimum atomic E-state index is -1.16. The van der Waals surface area contributed by atoms with Gasteiger partial charge >= 0.3 is 0 Å². The molecule has 0 saturated heterocycles. The molecule has 0 bridgehead atoms. The van der Waals surface area contributed by atoms with Gasteiger partial charge in [-0.15, -0.1) is 6.58 Å². The number of nitrogens with one attached hydrogen (secondary N) is 1. The molecule has 1 aliphatic rings. The van der Waals surface area contributed by atoms with Crippen LogP contribution in [0, 0.1) is 0 Å². The number of methoxy groups -OCH3 is 1. The molecule has 0 spiro atoms. The van der Waals surface area contributed by atoms with Crippen LogP contribution in [0.3, 0.4) is 0 Å². The maximum Gasteiger partial charge on any atom is 0.252 e. The molecule has 0 radical (unpaired) electrons. The number of hydrogen-bond donors (Lipinski definition) is 2. The third-order valence-corrected chi connectivity index (χ3v) is 5.40. The van der Waals surface area contributed by atoms with E-state index in [-0.39, 0.29) is 12.5 Å². The summed E-state index contributed by atoms with van der Waals surface area (Å²) in [7, 11) is 1.64. The summed E-state index contributed by atoms with van der Waals surface area (Å²) in [6.45, 7) is 5.45. The smallest absolute Gasteiger partial charge is 0.252 e. The summed E-state index contributed by atoms with van der Waals surface area (Å²) >= 11 is 0. The lowest BCUT2D eigenvalue weighted by atomic mass is 9.84. The van der Waals surface area contributed by atoms with Gasteiger partial charge in [0.2, 0.25) is 5.90 Å². The highest BCUT2D eigenvalue weighted by molar-refractivity contribution is 6.01. The molecular formula is C26H32N2O5. The van der Waals surface area contributed by atoms with E-state index in [4.69, 9.17) is 24.3 Å². The topological polar surface area (TPSA) is 89.4 Å². The predicted molar refractivity (Wildman–Crippen MR) is 127 cm³/mol. The van der Waals surface area contributed by atoms with E-state index in [1.165, 1.54) is 0 Å². The molecular weight excluding hydrogens is 420 g/mol. The molecule has 33 heavy (non-hydrogen) atoms. The monoisotopic (exact) mass is 452 g/mol. The van der Waals surface area contributed by atoms with E-state index in [1.54, 1.807) is 13.2 Å². The number of rotatable bonds is 13. The first-order valence-electron chi connectivity index (χ1n) is 11.2. The van der Waals surface area contributed by atoms with Crippen molar-refractivity contribution in [3.8, 4) is 5.75 Å². The van der Waals surface area contributed by atoms with Crippen molar-refractivity contribution in [2.45, 2.75) is 30.9 Å². The number of hydrogen-bond acceptors (Lipinski definition) is 6. The highest BCUT2D eigenvalue weighted by Crippen LogP contribution is 2.42. The molecule has 3 rings (SSSR count). The normalized spacial score (nSPS) is 19.5. The van der Waals surface area contributed by atoms with Gasteiger partial charge in [0.1, 0.15) is 5.75 Å². The van der Waals surface area contributed by atoms with Crippen molar-refractivity contribution >= 4 is 11.8 Å². The lowest BCUT2D eigenvalue weighted by Gasteiger charge is -2.29. The van der Waals surface area contributed by atoms with Gasteiger partial charge in [-0.2, -0.15) is 0 Å². The van der Waals surface area contributed by atoms with Crippen LogP contribution in [0.4, 0.5) is 0 Å². The summed E-state index contributed by atoms with van der Waals surface area (Å²) in [5.74, 6) is 0.893. The van der Waals surface area contributed by atoms with Crippen molar-refractivity contribution in [3.05, 3.63) is 78.4 Å². The van der Waals surface area contributed by atoms with E-state index in [9.17, 15) is 4.79 Å². The Hall–Kier alpha value is -3.16. The van der Waals surface area contributed by atoms with Gasteiger partial charge in [0.25, 0.3) is 5.91 Å². The molecule has 0 saturated carbocycles. The Labute approximate surface area is 195 Å². The van der Waals surface area contributed by atoms with Crippen LogP contribution in [0.2, 0.25) is 0 Å².